The molecule has 4 aromatic heterocycles. The van der Waals surface area contributed by atoms with Gasteiger partial charge in [-0.1, -0.05) is 6.08 Å². The van der Waals surface area contributed by atoms with E-state index in [9.17, 15) is 14.0 Å². The van der Waals surface area contributed by atoms with E-state index >= 15 is 0 Å². The summed E-state index contributed by atoms with van der Waals surface area (Å²) in [7, 11) is -5.81. The van der Waals surface area contributed by atoms with Crippen LogP contribution in [0.25, 0.3) is 22.3 Å². The van der Waals surface area contributed by atoms with Crippen molar-refractivity contribution in [2.24, 2.45) is 11.8 Å². The highest BCUT2D eigenvalue weighted by Crippen LogP contribution is 2.46. The van der Waals surface area contributed by atoms with Crippen LogP contribution in [0.4, 0.5) is 11.6 Å². The van der Waals surface area contributed by atoms with Gasteiger partial charge in [-0.05, 0) is 12.8 Å². The number of fused-ring (bicyclic) bond motifs is 2. The molecule has 5 N–H and O–H groups in total. The highest BCUT2D eigenvalue weighted by molar-refractivity contribution is 7.39. The zero-order chi connectivity index (χ0) is 29.4. The molecule has 17 nitrogen and oxygen atoms in total. The summed E-state index contributed by atoms with van der Waals surface area (Å²) in [5.74, 6) is -0.269. The molecule has 6 rings (SSSR count). The van der Waals surface area contributed by atoms with Gasteiger partial charge in [0.2, 0.25) is 0 Å². The minimum Gasteiger partial charge on any atom is -0.382 e. The van der Waals surface area contributed by atoms with Gasteiger partial charge in [-0.3, -0.25) is 18.3 Å². The molecule has 0 spiro atoms. The average molecular weight is 621 g/mol. The first-order chi connectivity index (χ1) is 20.3. The first kappa shape index (κ1) is 28.8. The summed E-state index contributed by atoms with van der Waals surface area (Å²) in [5, 5.41) is 0. The molecule has 0 bridgehead atoms. The summed E-state index contributed by atoms with van der Waals surface area (Å²) in [5.41, 5.74) is 13.8. The van der Waals surface area contributed by atoms with Crippen molar-refractivity contribution in [2.45, 2.75) is 37.5 Å². The Morgan fingerprint density at radius 1 is 0.952 bits per heavy atom. The largest absolute Gasteiger partial charge is 0.382 e. The van der Waals surface area contributed by atoms with Crippen LogP contribution in [0.1, 0.15) is 25.3 Å². The van der Waals surface area contributed by atoms with Crippen LogP contribution in [0.3, 0.4) is 0 Å². The van der Waals surface area contributed by atoms with Crippen LogP contribution in [0.15, 0.2) is 38.0 Å². The van der Waals surface area contributed by atoms with E-state index in [0.29, 0.717) is 41.0 Å². The fourth-order valence-electron chi connectivity index (χ4n) is 5.54. The molecule has 19 heteroatoms. The van der Waals surface area contributed by atoms with Crippen molar-refractivity contribution in [2.75, 3.05) is 30.8 Å². The Labute approximate surface area is 240 Å². The van der Waals surface area contributed by atoms with E-state index in [1.807, 2.05) is 0 Å². The topological polar surface area (TPSA) is 231 Å². The number of nitrogen functional groups attached to an aromatic ring is 2. The number of ether oxygens (including phenoxy) is 2. The molecule has 42 heavy (non-hydrogen) atoms. The summed E-state index contributed by atoms with van der Waals surface area (Å²) >= 11 is 0. The van der Waals surface area contributed by atoms with Gasteiger partial charge in [-0.15, -0.1) is 6.58 Å². The van der Waals surface area contributed by atoms with E-state index in [-0.39, 0.29) is 43.4 Å². The van der Waals surface area contributed by atoms with E-state index in [0.717, 1.165) is 0 Å². The Balaban J connectivity index is 1.12. The lowest BCUT2D eigenvalue weighted by molar-refractivity contribution is -0.0277. The summed E-state index contributed by atoms with van der Waals surface area (Å²) in [4.78, 5) is 34.4. The Hall–Kier alpha value is -3.30. The third-order valence-corrected chi connectivity index (χ3v) is 9.24. The minimum atomic E-state index is -3.22. The molecular formula is C23H30N10O7P2. The van der Waals surface area contributed by atoms with Crippen molar-refractivity contribution in [3.63, 3.8) is 0 Å². The van der Waals surface area contributed by atoms with Crippen LogP contribution in [-0.4, -0.2) is 75.5 Å². The summed E-state index contributed by atoms with van der Waals surface area (Å²) < 4.78 is 51.3. The molecule has 4 aromatic rings. The SMILES string of the molecule is C=C[C@@H]1[C@H](C[PH](=O)OC[C@@H]2CC[C@H](n3cnc4c(N)ncnc43)O2)C(CO[PH](=O)O)O[C@H]1n1cnc2c(N)ncnc21. The quantitative estimate of drug-likeness (QED) is 0.160. The molecule has 0 aliphatic carbocycles. The van der Waals surface area contributed by atoms with Gasteiger partial charge in [0.15, 0.2) is 31.0 Å². The smallest absolute Gasteiger partial charge is 0.316 e. The molecule has 2 saturated heterocycles. The van der Waals surface area contributed by atoms with Gasteiger partial charge in [0.25, 0.3) is 0 Å². The molecule has 2 aliphatic heterocycles. The Morgan fingerprint density at radius 2 is 1.62 bits per heavy atom. The maximum Gasteiger partial charge on any atom is 0.316 e. The Bertz CT molecular complexity index is 1650. The number of aromatic nitrogens is 8. The molecule has 0 saturated carbocycles. The van der Waals surface area contributed by atoms with Crippen LogP contribution in [0.5, 0.6) is 0 Å². The number of imidazole rings is 2. The molecule has 0 amide bonds. The van der Waals surface area contributed by atoms with Crippen molar-refractivity contribution in [3.8, 4) is 0 Å². The van der Waals surface area contributed by atoms with Gasteiger partial charge in [0.05, 0.1) is 38.1 Å². The van der Waals surface area contributed by atoms with Gasteiger partial charge >= 0.3 is 8.25 Å². The standard InChI is InChI=1S/C23H30N10O7P2/c1-2-13-14(15(6-38-42(35)36)40-23(13)33-11-31-18-20(25)27-9-29-22(18)33)7-41(34)37-5-12-3-4-16(39-12)32-10-30-17-19(24)26-8-28-21(17)32/h2,8-16,23,41-42H,1,3-7H2,(H,35,36)(H2,24,26,28)(H2,25,27,29)/t12-,13+,14-,15?,16+,23+/m0/s1. The molecule has 0 aromatic carbocycles. The lowest BCUT2D eigenvalue weighted by atomic mass is 9.91. The zero-order valence-corrected chi connectivity index (χ0v) is 24.2. The highest BCUT2D eigenvalue weighted by Gasteiger charge is 2.45. The minimum absolute atomic E-state index is 0.125. The van der Waals surface area contributed by atoms with Crippen LogP contribution in [-0.2, 0) is 27.7 Å². The van der Waals surface area contributed by atoms with Crippen molar-refractivity contribution in [3.05, 3.63) is 38.0 Å². The average Bonchev–Trinajstić information content (AvgIpc) is 3.76. The zero-order valence-electron chi connectivity index (χ0n) is 22.2. The van der Waals surface area contributed by atoms with Crippen molar-refractivity contribution in [1.29, 1.82) is 0 Å². The summed E-state index contributed by atoms with van der Waals surface area (Å²) in [6, 6.07) is 0. The molecule has 224 valence electrons. The molecule has 2 aliphatic rings. The van der Waals surface area contributed by atoms with Gasteiger partial charge in [0.1, 0.15) is 36.1 Å². The Kier molecular flexibility index (Phi) is 8.32. The van der Waals surface area contributed by atoms with Gasteiger partial charge in [-0.25, -0.2) is 29.9 Å². The predicted molar refractivity (Wildman–Crippen MR) is 151 cm³/mol. The van der Waals surface area contributed by atoms with E-state index < -0.39 is 34.5 Å². The second-order valence-electron chi connectivity index (χ2n) is 9.96. The van der Waals surface area contributed by atoms with E-state index in [4.69, 9.17) is 30.0 Å². The van der Waals surface area contributed by atoms with Crippen molar-refractivity contribution >= 4 is 50.2 Å². The fourth-order valence-corrected chi connectivity index (χ4v) is 7.26. The lowest BCUT2D eigenvalue weighted by Gasteiger charge is -2.22. The number of nitrogens with zero attached hydrogens (tertiary/aromatic N) is 8. The molecule has 8 atom stereocenters. The van der Waals surface area contributed by atoms with Crippen LogP contribution in [0.2, 0.25) is 0 Å². The Morgan fingerprint density at radius 3 is 2.29 bits per heavy atom. The predicted octanol–water partition coefficient (Wildman–Crippen LogP) is 1.71. The van der Waals surface area contributed by atoms with E-state index in [2.05, 4.69) is 36.5 Å². The maximum absolute atomic E-state index is 13.2. The molecule has 0 radical (unpaired) electrons. The molecule has 2 fully saturated rings. The van der Waals surface area contributed by atoms with E-state index in [1.54, 1.807) is 21.5 Å². The number of nitrogens with two attached hydrogens (primary N) is 2. The van der Waals surface area contributed by atoms with Gasteiger partial charge in [0, 0.05) is 18.0 Å². The van der Waals surface area contributed by atoms with Crippen molar-refractivity contribution in [1.82, 2.24) is 39.0 Å². The first-order valence-electron chi connectivity index (χ1n) is 13.1. The molecule has 6 heterocycles. The normalized spacial score (nSPS) is 27.5. The van der Waals surface area contributed by atoms with Gasteiger partial charge < -0.3 is 34.9 Å². The van der Waals surface area contributed by atoms with Crippen LogP contribution < -0.4 is 11.5 Å². The number of hydrogen-bond donors (Lipinski definition) is 3. The second-order valence-corrected chi connectivity index (χ2v) is 12.2. The number of hydrogen-bond acceptors (Lipinski definition) is 14. The second kappa shape index (κ2) is 12.1. The van der Waals surface area contributed by atoms with Crippen molar-refractivity contribution < 1.29 is 32.5 Å². The number of anilines is 2. The summed E-state index contributed by atoms with van der Waals surface area (Å²) in [6.45, 7) is 3.91. The first-order valence-corrected chi connectivity index (χ1v) is 15.9. The highest BCUT2D eigenvalue weighted by atomic mass is 31.1. The maximum atomic E-state index is 13.2. The molecule has 3 unspecified atom stereocenters. The van der Waals surface area contributed by atoms with Crippen LogP contribution in [0, 0.1) is 11.8 Å². The number of rotatable bonds is 11. The third-order valence-electron chi connectivity index (χ3n) is 7.53. The third kappa shape index (κ3) is 5.56. The monoisotopic (exact) mass is 620 g/mol. The van der Waals surface area contributed by atoms with Crippen LogP contribution >= 0.6 is 16.3 Å². The summed E-state index contributed by atoms with van der Waals surface area (Å²) in [6.07, 6.45) is 7.10. The van der Waals surface area contributed by atoms with Gasteiger partial charge in [-0.2, -0.15) is 0 Å². The van der Waals surface area contributed by atoms with E-state index in [1.165, 1.54) is 19.0 Å². The fraction of sp³-hybridized carbons (Fsp3) is 0.478. The molecular weight excluding hydrogens is 590 g/mol. The lowest BCUT2D eigenvalue weighted by Crippen LogP contribution is -2.26.